The molecule has 2 aromatic carbocycles. The molecule has 2 N–H and O–H groups in total. The average molecular weight is 314 g/mol. The smallest absolute Gasteiger partial charge is 0.238 e. The van der Waals surface area contributed by atoms with Crippen molar-refractivity contribution < 1.29 is 12.8 Å². The first-order chi connectivity index (χ1) is 10.4. The van der Waals surface area contributed by atoms with Gasteiger partial charge in [-0.05, 0) is 31.2 Å². The molecule has 3 rings (SSSR count). The Kier molecular flexibility index (Phi) is 3.56. The van der Waals surface area contributed by atoms with Gasteiger partial charge in [-0.15, -0.1) is 0 Å². The summed E-state index contributed by atoms with van der Waals surface area (Å²) in [6, 6.07) is 15.8. The molecule has 0 aliphatic rings. The number of aryl methyl sites for hydroxylation is 1. The summed E-state index contributed by atoms with van der Waals surface area (Å²) in [4.78, 5) is 4.55. The third-order valence-electron chi connectivity index (χ3n) is 3.27. The summed E-state index contributed by atoms with van der Waals surface area (Å²) < 4.78 is 28.2. The van der Waals surface area contributed by atoms with Crippen LogP contribution in [0.1, 0.15) is 5.76 Å². The van der Waals surface area contributed by atoms with Crippen LogP contribution >= 0.6 is 0 Å². The molecular weight excluding hydrogens is 300 g/mol. The fraction of sp³-hybridized carbons (Fsp3) is 0.0625. The highest BCUT2D eigenvalue weighted by Gasteiger charge is 2.14. The SMILES string of the molecule is Cc1oc(-c2ccc(S(N)(=O)=O)cc2)nc1-c1ccccc1. The Hall–Kier alpha value is -2.44. The molecule has 0 spiro atoms. The van der Waals surface area contributed by atoms with Gasteiger partial charge in [0.2, 0.25) is 15.9 Å². The molecule has 112 valence electrons. The minimum Gasteiger partial charge on any atom is -0.441 e. The van der Waals surface area contributed by atoms with Crippen LogP contribution in [0.2, 0.25) is 0 Å². The maximum Gasteiger partial charge on any atom is 0.238 e. The van der Waals surface area contributed by atoms with Gasteiger partial charge in [-0.25, -0.2) is 18.5 Å². The summed E-state index contributed by atoms with van der Waals surface area (Å²) in [6.07, 6.45) is 0. The van der Waals surface area contributed by atoms with E-state index >= 15 is 0 Å². The zero-order valence-corrected chi connectivity index (χ0v) is 12.7. The van der Waals surface area contributed by atoms with E-state index in [4.69, 9.17) is 9.56 Å². The molecule has 1 heterocycles. The Morgan fingerprint density at radius 1 is 0.955 bits per heavy atom. The van der Waals surface area contributed by atoms with Gasteiger partial charge in [0, 0.05) is 11.1 Å². The van der Waals surface area contributed by atoms with E-state index in [1.807, 2.05) is 37.3 Å². The van der Waals surface area contributed by atoms with E-state index in [2.05, 4.69) is 4.98 Å². The van der Waals surface area contributed by atoms with E-state index in [9.17, 15) is 8.42 Å². The van der Waals surface area contributed by atoms with Crippen molar-refractivity contribution in [1.29, 1.82) is 0 Å². The van der Waals surface area contributed by atoms with Gasteiger partial charge in [0.15, 0.2) is 0 Å². The highest BCUT2D eigenvalue weighted by Crippen LogP contribution is 2.28. The number of primary sulfonamides is 1. The van der Waals surface area contributed by atoms with Gasteiger partial charge in [0.25, 0.3) is 0 Å². The van der Waals surface area contributed by atoms with Gasteiger partial charge in [-0.2, -0.15) is 0 Å². The predicted octanol–water partition coefficient (Wildman–Crippen LogP) is 2.96. The first-order valence-corrected chi connectivity index (χ1v) is 8.16. The lowest BCUT2D eigenvalue weighted by Gasteiger charge is -1.99. The zero-order chi connectivity index (χ0) is 15.7. The molecule has 1 aromatic heterocycles. The van der Waals surface area contributed by atoms with Crippen LogP contribution in [0.25, 0.3) is 22.7 Å². The Bertz CT molecular complexity index is 898. The minimum atomic E-state index is -3.70. The second kappa shape index (κ2) is 5.40. The van der Waals surface area contributed by atoms with Crippen molar-refractivity contribution in [3.05, 3.63) is 60.4 Å². The van der Waals surface area contributed by atoms with E-state index in [0.717, 1.165) is 11.3 Å². The lowest BCUT2D eigenvalue weighted by molar-refractivity contribution is 0.543. The van der Waals surface area contributed by atoms with Crippen molar-refractivity contribution in [2.75, 3.05) is 0 Å². The van der Waals surface area contributed by atoms with Crippen LogP contribution < -0.4 is 5.14 Å². The van der Waals surface area contributed by atoms with E-state index in [-0.39, 0.29) is 4.90 Å². The highest BCUT2D eigenvalue weighted by molar-refractivity contribution is 7.89. The molecule has 0 saturated carbocycles. The fourth-order valence-corrected chi connectivity index (χ4v) is 2.69. The van der Waals surface area contributed by atoms with Crippen LogP contribution in [0.4, 0.5) is 0 Å². The molecular formula is C16H14N2O3S. The largest absolute Gasteiger partial charge is 0.441 e. The number of nitrogens with two attached hydrogens (primary N) is 1. The molecule has 0 aliphatic carbocycles. The second-order valence-corrected chi connectivity index (χ2v) is 6.42. The van der Waals surface area contributed by atoms with Crippen molar-refractivity contribution in [3.63, 3.8) is 0 Å². The Labute approximate surface area is 128 Å². The maximum atomic E-state index is 11.3. The molecule has 0 saturated heterocycles. The van der Waals surface area contributed by atoms with Gasteiger partial charge >= 0.3 is 0 Å². The number of sulfonamides is 1. The third-order valence-corrected chi connectivity index (χ3v) is 4.20. The zero-order valence-electron chi connectivity index (χ0n) is 11.9. The lowest BCUT2D eigenvalue weighted by atomic mass is 10.1. The van der Waals surface area contributed by atoms with E-state index in [1.165, 1.54) is 12.1 Å². The summed E-state index contributed by atoms with van der Waals surface area (Å²) in [5.74, 6) is 1.15. The second-order valence-electron chi connectivity index (χ2n) is 4.86. The van der Waals surface area contributed by atoms with Gasteiger partial charge in [-0.1, -0.05) is 30.3 Å². The van der Waals surface area contributed by atoms with Crippen LogP contribution in [-0.2, 0) is 10.0 Å². The molecule has 0 bridgehead atoms. The van der Waals surface area contributed by atoms with E-state index in [1.54, 1.807) is 12.1 Å². The van der Waals surface area contributed by atoms with Gasteiger partial charge in [0.1, 0.15) is 11.5 Å². The Morgan fingerprint density at radius 2 is 1.59 bits per heavy atom. The van der Waals surface area contributed by atoms with Crippen LogP contribution in [0.3, 0.4) is 0 Å². The Morgan fingerprint density at radius 3 is 2.18 bits per heavy atom. The third kappa shape index (κ3) is 2.79. The van der Waals surface area contributed by atoms with Crippen molar-refractivity contribution in [3.8, 4) is 22.7 Å². The summed E-state index contributed by atoms with van der Waals surface area (Å²) in [6.45, 7) is 1.84. The standard InChI is InChI=1S/C16H14N2O3S/c1-11-15(12-5-3-2-4-6-12)18-16(21-11)13-7-9-14(10-8-13)22(17,19)20/h2-10H,1H3,(H2,17,19,20). The van der Waals surface area contributed by atoms with Crippen LogP contribution in [0, 0.1) is 6.92 Å². The van der Waals surface area contributed by atoms with Gasteiger partial charge in [0.05, 0.1) is 4.90 Å². The summed E-state index contributed by atoms with van der Waals surface area (Å²) in [5, 5.41) is 5.08. The lowest BCUT2D eigenvalue weighted by Crippen LogP contribution is -2.11. The summed E-state index contributed by atoms with van der Waals surface area (Å²) >= 11 is 0. The molecule has 3 aromatic rings. The van der Waals surface area contributed by atoms with E-state index < -0.39 is 10.0 Å². The fourth-order valence-electron chi connectivity index (χ4n) is 2.17. The predicted molar refractivity (Wildman–Crippen MR) is 83.5 cm³/mol. The van der Waals surface area contributed by atoms with E-state index in [0.29, 0.717) is 17.2 Å². The maximum absolute atomic E-state index is 11.3. The van der Waals surface area contributed by atoms with Crippen molar-refractivity contribution in [2.45, 2.75) is 11.8 Å². The topological polar surface area (TPSA) is 86.2 Å². The first kappa shape index (κ1) is 14.5. The highest BCUT2D eigenvalue weighted by atomic mass is 32.2. The Balaban J connectivity index is 2.00. The van der Waals surface area contributed by atoms with Crippen LogP contribution in [0.5, 0.6) is 0 Å². The number of oxazole rings is 1. The number of nitrogens with zero attached hydrogens (tertiary/aromatic N) is 1. The minimum absolute atomic E-state index is 0.0582. The number of hydrogen-bond donors (Lipinski definition) is 1. The monoisotopic (exact) mass is 314 g/mol. The molecule has 0 atom stereocenters. The van der Waals surface area contributed by atoms with Crippen molar-refractivity contribution >= 4 is 10.0 Å². The summed E-state index contributed by atoms with van der Waals surface area (Å²) in [7, 11) is -3.70. The first-order valence-electron chi connectivity index (χ1n) is 6.61. The summed E-state index contributed by atoms with van der Waals surface area (Å²) in [5.41, 5.74) is 2.43. The van der Waals surface area contributed by atoms with Gasteiger partial charge in [-0.3, -0.25) is 0 Å². The number of rotatable bonds is 3. The molecule has 6 heteroatoms. The molecule has 0 fully saturated rings. The quantitative estimate of drug-likeness (QED) is 0.805. The van der Waals surface area contributed by atoms with Crippen molar-refractivity contribution in [2.24, 2.45) is 5.14 Å². The molecule has 0 aliphatic heterocycles. The number of benzene rings is 2. The normalized spacial score (nSPS) is 11.5. The molecule has 0 radical (unpaired) electrons. The number of aromatic nitrogens is 1. The molecule has 0 unspecified atom stereocenters. The van der Waals surface area contributed by atoms with Crippen LogP contribution in [-0.4, -0.2) is 13.4 Å². The number of hydrogen-bond acceptors (Lipinski definition) is 4. The van der Waals surface area contributed by atoms with Crippen LogP contribution in [0.15, 0.2) is 63.9 Å². The average Bonchev–Trinajstić information content (AvgIpc) is 2.89. The molecule has 5 nitrogen and oxygen atoms in total. The molecule has 22 heavy (non-hydrogen) atoms. The van der Waals surface area contributed by atoms with Gasteiger partial charge < -0.3 is 4.42 Å². The molecule has 0 amide bonds. The van der Waals surface area contributed by atoms with Crippen molar-refractivity contribution in [1.82, 2.24) is 4.98 Å².